The molecule has 0 spiro atoms. The van der Waals surface area contributed by atoms with Crippen LogP contribution in [-0.4, -0.2) is 0 Å². The maximum Gasteiger partial charge on any atom is 0.00865 e. The van der Waals surface area contributed by atoms with Crippen molar-refractivity contribution >= 4 is 23.0 Å². The van der Waals surface area contributed by atoms with Gasteiger partial charge in [-0.1, -0.05) is 115 Å². The van der Waals surface area contributed by atoms with E-state index in [1.54, 1.807) is 0 Å². The van der Waals surface area contributed by atoms with E-state index in [9.17, 15) is 0 Å². The molecular formula is C32H54S. The van der Waals surface area contributed by atoms with Gasteiger partial charge in [-0.05, 0) is 81.2 Å². The number of aryl methyl sites for hydroxylation is 3. The Morgan fingerprint density at radius 1 is 0.818 bits per heavy atom. The third-order valence-electron chi connectivity index (χ3n) is 5.44. The predicted molar refractivity (Wildman–Crippen MR) is 159 cm³/mol. The third-order valence-corrected chi connectivity index (χ3v) is 6.30. The van der Waals surface area contributed by atoms with Crippen molar-refractivity contribution in [1.82, 2.24) is 0 Å². The van der Waals surface area contributed by atoms with Crippen molar-refractivity contribution in [3.8, 4) is 0 Å². The summed E-state index contributed by atoms with van der Waals surface area (Å²) in [4.78, 5) is 1.40. The van der Waals surface area contributed by atoms with E-state index in [0.717, 1.165) is 12.8 Å². The molecular weight excluding hydrogens is 416 g/mol. The summed E-state index contributed by atoms with van der Waals surface area (Å²) in [6.07, 6.45) is 9.80. The highest BCUT2D eigenvalue weighted by atomic mass is 32.1. The van der Waals surface area contributed by atoms with Crippen molar-refractivity contribution < 1.29 is 0 Å². The second-order valence-electron chi connectivity index (χ2n) is 8.56. The average molecular weight is 471 g/mol. The molecule has 2 aromatic rings. The smallest absolute Gasteiger partial charge is 0.00865 e. The number of hydrogen-bond donors (Lipinski definition) is 0. The molecule has 188 valence electrons. The molecule has 0 amide bonds. The zero-order valence-corrected chi connectivity index (χ0v) is 24.9. The first-order chi connectivity index (χ1) is 15.7. The highest BCUT2D eigenvalue weighted by molar-refractivity contribution is 7.10. The van der Waals surface area contributed by atoms with Crippen molar-refractivity contribution in [3.05, 3.63) is 67.9 Å². The molecule has 1 heteroatoms. The van der Waals surface area contributed by atoms with Crippen molar-refractivity contribution in [2.75, 3.05) is 0 Å². The molecule has 0 saturated heterocycles. The van der Waals surface area contributed by atoms with Gasteiger partial charge in [-0.25, -0.2) is 0 Å². The Morgan fingerprint density at radius 2 is 1.36 bits per heavy atom. The molecule has 0 bridgehead atoms. The maximum atomic E-state index is 2.39. The van der Waals surface area contributed by atoms with Crippen LogP contribution in [0, 0.1) is 20.8 Å². The molecule has 0 radical (unpaired) electrons. The summed E-state index contributed by atoms with van der Waals surface area (Å²) >= 11 is 1.83. The van der Waals surface area contributed by atoms with Crippen molar-refractivity contribution in [2.24, 2.45) is 0 Å². The first-order valence-corrected chi connectivity index (χ1v) is 14.1. The van der Waals surface area contributed by atoms with Gasteiger partial charge in [0.1, 0.15) is 0 Å². The number of rotatable bonds is 7. The van der Waals surface area contributed by atoms with Crippen LogP contribution in [0.4, 0.5) is 0 Å². The van der Waals surface area contributed by atoms with Crippen LogP contribution >= 0.6 is 11.3 Å². The summed E-state index contributed by atoms with van der Waals surface area (Å²) in [5, 5.41) is 2.18. The molecule has 0 saturated carbocycles. The minimum Gasteiger partial charge on any atom is -0.149 e. The van der Waals surface area contributed by atoms with E-state index in [2.05, 4.69) is 105 Å². The minimum absolute atomic E-state index is 1.04. The zero-order chi connectivity index (χ0) is 25.8. The van der Waals surface area contributed by atoms with Crippen LogP contribution in [0.5, 0.6) is 0 Å². The second kappa shape index (κ2) is 21.0. The first-order valence-electron chi connectivity index (χ1n) is 13.2. The van der Waals surface area contributed by atoms with Crippen LogP contribution in [0.3, 0.4) is 0 Å². The van der Waals surface area contributed by atoms with Gasteiger partial charge in [0, 0.05) is 4.88 Å². The zero-order valence-electron chi connectivity index (χ0n) is 24.1. The van der Waals surface area contributed by atoms with Gasteiger partial charge in [0.15, 0.2) is 0 Å². The lowest BCUT2D eigenvalue weighted by atomic mass is 9.89. The van der Waals surface area contributed by atoms with Gasteiger partial charge in [0.2, 0.25) is 0 Å². The summed E-state index contributed by atoms with van der Waals surface area (Å²) in [6.45, 7) is 26.1. The fourth-order valence-electron chi connectivity index (χ4n) is 2.87. The van der Waals surface area contributed by atoms with Crippen molar-refractivity contribution in [1.29, 1.82) is 0 Å². The maximum absolute atomic E-state index is 2.39. The number of hydrogen-bond acceptors (Lipinski definition) is 1. The quantitative estimate of drug-likeness (QED) is 0.377. The van der Waals surface area contributed by atoms with E-state index in [-0.39, 0.29) is 0 Å². The van der Waals surface area contributed by atoms with Gasteiger partial charge in [-0.15, -0.1) is 11.3 Å². The normalized spacial score (nSPS) is 10.1. The van der Waals surface area contributed by atoms with E-state index >= 15 is 0 Å². The van der Waals surface area contributed by atoms with Crippen LogP contribution in [0.2, 0.25) is 0 Å². The molecule has 2 rings (SSSR count). The molecule has 0 aliphatic heterocycles. The lowest BCUT2D eigenvalue weighted by Crippen LogP contribution is -1.95. The van der Waals surface area contributed by atoms with Gasteiger partial charge in [-0.3, -0.25) is 0 Å². The molecule has 1 aromatic heterocycles. The number of benzene rings is 1. The fraction of sp³-hybridized carbons (Fsp3) is 0.562. The largest absolute Gasteiger partial charge is 0.149 e. The van der Waals surface area contributed by atoms with Gasteiger partial charge in [-0.2, -0.15) is 0 Å². The Kier molecular flexibility index (Phi) is 21.3. The molecule has 0 nitrogen and oxygen atoms in total. The lowest BCUT2D eigenvalue weighted by Gasteiger charge is -2.16. The van der Waals surface area contributed by atoms with Gasteiger partial charge >= 0.3 is 0 Å². The van der Waals surface area contributed by atoms with E-state index < -0.39 is 0 Å². The molecule has 1 heterocycles. The molecule has 0 unspecified atom stereocenters. The average Bonchev–Trinajstić information content (AvgIpc) is 3.23. The van der Waals surface area contributed by atoms with Crippen LogP contribution in [0.25, 0.3) is 11.6 Å². The monoisotopic (exact) mass is 470 g/mol. The van der Waals surface area contributed by atoms with E-state index in [1.165, 1.54) is 69.5 Å². The predicted octanol–water partition coefficient (Wildman–Crippen LogP) is 12.0. The highest BCUT2D eigenvalue weighted by Gasteiger charge is 2.10. The van der Waals surface area contributed by atoms with Gasteiger partial charge in [0.05, 0.1) is 0 Å². The Labute approximate surface area is 212 Å². The topological polar surface area (TPSA) is 0 Å². The van der Waals surface area contributed by atoms with Crippen LogP contribution in [0.1, 0.15) is 128 Å². The van der Waals surface area contributed by atoms with Crippen LogP contribution < -0.4 is 0 Å². The number of allylic oxidation sites excluding steroid dienone is 3. The van der Waals surface area contributed by atoms with Gasteiger partial charge in [0.25, 0.3) is 0 Å². The Hall–Kier alpha value is -1.60. The summed E-state index contributed by atoms with van der Waals surface area (Å²) in [5.74, 6) is 0. The summed E-state index contributed by atoms with van der Waals surface area (Å²) in [6, 6.07) is 9.01. The Morgan fingerprint density at radius 3 is 1.76 bits per heavy atom. The molecule has 0 atom stereocenters. The van der Waals surface area contributed by atoms with Crippen LogP contribution in [0.15, 0.2) is 40.8 Å². The molecule has 0 aliphatic carbocycles. The Bertz CT molecular complexity index is 790. The summed E-state index contributed by atoms with van der Waals surface area (Å²) in [5.41, 5.74) is 9.89. The van der Waals surface area contributed by atoms with Crippen LogP contribution in [-0.2, 0) is 0 Å². The number of unbranched alkanes of at least 4 members (excludes halogenated alkanes) is 2. The van der Waals surface area contributed by atoms with E-state index in [4.69, 9.17) is 0 Å². The lowest BCUT2D eigenvalue weighted by molar-refractivity contribution is 0.886. The standard InChI is InChI=1S/C22H28S.2C4H10.C2H6/c1-7-19(13-20-10-11-23-18(20)6)14-21(15(2)3)22-12-16(4)8-9-17(22)5;2*1-3-4-2;1-2/h8-13H,7,14H2,1-6H3;2*3-4H2,1-2H3;1-2H3/b19-13+;;;. The molecule has 1 aromatic carbocycles. The van der Waals surface area contributed by atoms with Crippen molar-refractivity contribution in [2.45, 2.75) is 122 Å². The Balaban J connectivity index is 0. The molecule has 0 aliphatic rings. The first kappa shape index (κ1) is 33.6. The summed E-state index contributed by atoms with van der Waals surface area (Å²) in [7, 11) is 0. The second-order valence-corrected chi connectivity index (χ2v) is 9.68. The minimum atomic E-state index is 1.04. The fourth-order valence-corrected chi connectivity index (χ4v) is 3.55. The molecule has 0 N–H and O–H groups in total. The van der Waals surface area contributed by atoms with E-state index in [1.807, 2.05) is 25.2 Å². The molecule has 33 heavy (non-hydrogen) atoms. The summed E-state index contributed by atoms with van der Waals surface area (Å²) < 4.78 is 0. The SMILES string of the molecule is CC.CC/C(=C\c1ccsc1C)CC(=C(C)C)c1cc(C)ccc1C.CCCC.CCCC. The van der Waals surface area contributed by atoms with E-state index in [0.29, 0.717) is 0 Å². The highest BCUT2D eigenvalue weighted by Crippen LogP contribution is 2.31. The van der Waals surface area contributed by atoms with Gasteiger partial charge < -0.3 is 0 Å². The molecule has 0 fully saturated rings. The van der Waals surface area contributed by atoms with Crippen molar-refractivity contribution in [3.63, 3.8) is 0 Å². The third kappa shape index (κ3) is 14.3. The number of thiophene rings is 1.